The minimum Gasteiger partial charge on any atom is -0.347 e. The second-order valence-electron chi connectivity index (χ2n) is 6.35. The molecular weight excluding hydrogens is 202 g/mol. The second-order valence-corrected chi connectivity index (χ2v) is 6.35. The Balaban J connectivity index is 1.62. The first-order valence-electron chi connectivity index (χ1n) is 6.75. The Bertz CT molecular complexity index is 301. The Labute approximate surface area is 96.7 Å². The maximum atomic E-state index is 6.49. The molecule has 0 amide bonds. The standard InChI is InChI=1S/C13H21NO2/c1-7-15-10-5-13(6-11(10)16-7)9-3-2-8(4-9)12(13)14/h7-12H,2-6,14H2,1H3/t7-,8-,9+,10-,11?,12-,13+/m0/s1. The van der Waals surface area contributed by atoms with Crippen LogP contribution in [-0.4, -0.2) is 24.5 Å². The average Bonchev–Trinajstić information content (AvgIpc) is 2.89. The van der Waals surface area contributed by atoms with Gasteiger partial charge in [-0.05, 0) is 56.3 Å². The Morgan fingerprint density at radius 2 is 1.81 bits per heavy atom. The van der Waals surface area contributed by atoms with Gasteiger partial charge in [0.15, 0.2) is 6.29 Å². The van der Waals surface area contributed by atoms with Gasteiger partial charge in [-0.25, -0.2) is 0 Å². The summed E-state index contributed by atoms with van der Waals surface area (Å²) in [7, 11) is 0. The van der Waals surface area contributed by atoms with E-state index in [1.54, 1.807) is 0 Å². The van der Waals surface area contributed by atoms with Crippen molar-refractivity contribution in [1.29, 1.82) is 0 Å². The lowest BCUT2D eigenvalue weighted by Gasteiger charge is -2.39. The van der Waals surface area contributed by atoms with E-state index in [0.29, 0.717) is 23.7 Å². The molecule has 4 aliphatic rings. The van der Waals surface area contributed by atoms with Crippen LogP contribution in [0.1, 0.15) is 39.0 Å². The molecule has 0 aromatic carbocycles. The molecule has 4 fully saturated rings. The van der Waals surface area contributed by atoms with E-state index in [4.69, 9.17) is 15.2 Å². The molecule has 3 nitrogen and oxygen atoms in total. The molecule has 0 aromatic heterocycles. The first-order valence-corrected chi connectivity index (χ1v) is 6.75. The maximum Gasteiger partial charge on any atom is 0.155 e. The predicted octanol–water partition coefficient (Wildman–Crippen LogP) is 1.65. The molecule has 3 aliphatic carbocycles. The smallest absolute Gasteiger partial charge is 0.155 e. The van der Waals surface area contributed by atoms with Gasteiger partial charge in [0.1, 0.15) is 0 Å². The lowest BCUT2D eigenvalue weighted by Crippen LogP contribution is -2.45. The van der Waals surface area contributed by atoms with Gasteiger partial charge in [0.25, 0.3) is 0 Å². The molecule has 1 heterocycles. The van der Waals surface area contributed by atoms with Crippen LogP contribution in [0, 0.1) is 17.3 Å². The zero-order valence-corrected chi connectivity index (χ0v) is 9.89. The molecule has 7 atom stereocenters. The molecule has 2 N–H and O–H groups in total. The third-order valence-electron chi connectivity index (χ3n) is 5.77. The number of hydrogen-bond acceptors (Lipinski definition) is 3. The first kappa shape index (κ1) is 9.86. The quantitative estimate of drug-likeness (QED) is 0.679. The fourth-order valence-corrected chi connectivity index (χ4v) is 5.10. The zero-order valence-electron chi connectivity index (χ0n) is 9.89. The number of hydrogen-bond donors (Lipinski definition) is 1. The van der Waals surface area contributed by atoms with Gasteiger partial charge >= 0.3 is 0 Å². The molecule has 1 unspecified atom stereocenters. The van der Waals surface area contributed by atoms with Gasteiger partial charge < -0.3 is 15.2 Å². The fourth-order valence-electron chi connectivity index (χ4n) is 5.10. The Morgan fingerprint density at radius 3 is 2.38 bits per heavy atom. The zero-order chi connectivity index (χ0) is 10.9. The number of nitrogens with two attached hydrogens (primary N) is 1. The highest BCUT2D eigenvalue weighted by Gasteiger charge is 2.63. The molecular formula is C13H21NO2. The average molecular weight is 223 g/mol. The van der Waals surface area contributed by atoms with Gasteiger partial charge in [-0.2, -0.15) is 0 Å². The van der Waals surface area contributed by atoms with Crippen LogP contribution in [0.4, 0.5) is 0 Å². The highest BCUT2D eigenvalue weighted by molar-refractivity contribution is 5.14. The van der Waals surface area contributed by atoms with Crippen molar-refractivity contribution in [2.45, 2.75) is 63.6 Å². The SMILES string of the molecule is C[C@@H]1OC2C[C@]3(C[C@@H]2O1)[C@@H]1CC[C@@H](C1)[C@@H]3N. The number of rotatable bonds is 0. The van der Waals surface area contributed by atoms with Crippen LogP contribution < -0.4 is 5.73 Å². The topological polar surface area (TPSA) is 44.5 Å². The normalized spacial score (nSPS) is 63.4. The molecule has 16 heavy (non-hydrogen) atoms. The van der Waals surface area contributed by atoms with E-state index in [-0.39, 0.29) is 6.29 Å². The van der Waals surface area contributed by atoms with Gasteiger partial charge in [0.2, 0.25) is 0 Å². The summed E-state index contributed by atoms with van der Waals surface area (Å²) in [5.74, 6) is 1.65. The fraction of sp³-hybridized carbons (Fsp3) is 1.00. The monoisotopic (exact) mass is 223 g/mol. The van der Waals surface area contributed by atoms with E-state index in [0.717, 1.165) is 24.7 Å². The summed E-state index contributed by atoms with van der Waals surface area (Å²) in [6.07, 6.45) is 7.11. The number of ether oxygens (including phenoxy) is 2. The highest BCUT2D eigenvalue weighted by atomic mass is 16.7. The van der Waals surface area contributed by atoms with E-state index in [2.05, 4.69) is 0 Å². The summed E-state index contributed by atoms with van der Waals surface area (Å²) in [5.41, 5.74) is 6.86. The molecule has 2 bridgehead atoms. The van der Waals surface area contributed by atoms with E-state index in [1.165, 1.54) is 19.3 Å². The molecule has 1 saturated heterocycles. The van der Waals surface area contributed by atoms with Crippen molar-refractivity contribution in [2.75, 3.05) is 0 Å². The Morgan fingerprint density at radius 1 is 1.12 bits per heavy atom. The van der Waals surface area contributed by atoms with E-state index >= 15 is 0 Å². The molecule has 0 radical (unpaired) electrons. The summed E-state index contributed by atoms with van der Waals surface area (Å²) in [6, 6.07) is 0.416. The largest absolute Gasteiger partial charge is 0.347 e. The Kier molecular flexibility index (Phi) is 1.85. The van der Waals surface area contributed by atoms with Crippen molar-refractivity contribution in [3.05, 3.63) is 0 Å². The minimum absolute atomic E-state index is 0.00200. The molecule has 4 rings (SSSR count). The molecule has 3 heteroatoms. The van der Waals surface area contributed by atoms with Gasteiger partial charge in [0, 0.05) is 6.04 Å². The van der Waals surface area contributed by atoms with Crippen LogP contribution in [0.5, 0.6) is 0 Å². The van der Waals surface area contributed by atoms with Gasteiger partial charge in [-0.3, -0.25) is 0 Å². The van der Waals surface area contributed by atoms with Crippen LogP contribution >= 0.6 is 0 Å². The summed E-state index contributed by atoms with van der Waals surface area (Å²) in [6.45, 7) is 2.01. The van der Waals surface area contributed by atoms with Crippen molar-refractivity contribution in [3.63, 3.8) is 0 Å². The third-order valence-corrected chi connectivity index (χ3v) is 5.77. The van der Waals surface area contributed by atoms with Gasteiger partial charge in [-0.15, -0.1) is 0 Å². The van der Waals surface area contributed by atoms with E-state index < -0.39 is 0 Å². The van der Waals surface area contributed by atoms with Crippen molar-refractivity contribution >= 4 is 0 Å². The summed E-state index contributed by atoms with van der Waals surface area (Å²) in [4.78, 5) is 0. The summed E-state index contributed by atoms with van der Waals surface area (Å²) >= 11 is 0. The summed E-state index contributed by atoms with van der Waals surface area (Å²) in [5, 5.41) is 0. The van der Waals surface area contributed by atoms with Crippen LogP contribution in [0.2, 0.25) is 0 Å². The Hall–Kier alpha value is -0.120. The first-order chi connectivity index (χ1) is 7.69. The molecule has 1 aliphatic heterocycles. The molecule has 1 spiro atoms. The number of fused-ring (bicyclic) bond motifs is 4. The van der Waals surface area contributed by atoms with Crippen molar-refractivity contribution < 1.29 is 9.47 Å². The van der Waals surface area contributed by atoms with Crippen LogP contribution in [-0.2, 0) is 9.47 Å². The van der Waals surface area contributed by atoms with Crippen LogP contribution in [0.15, 0.2) is 0 Å². The highest BCUT2D eigenvalue weighted by Crippen LogP contribution is 2.63. The van der Waals surface area contributed by atoms with E-state index in [1.807, 2.05) is 6.92 Å². The lowest BCUT2D eigenvalue weighted by atomic mass is 9.68. The second kappa shape index (κ2) is 3.01. The van der Waals surface area contributed by atoms with Crippen molar-refractivity contribution in [2.24, 2.45) is 23.0 Å². The maximum absolute atomic E-state index is 6.49. The molecule has 90 valence electrons. The van der Waals surface area contributed by atoms with Crippen LogP contribution in [0.25, 0.3) is 0 Å². The van der Waals surface area contributed by atoms with Gasteiger partial charge in [0.05, 0.1) is 12.2 Å². The third kappa shape index (κ3) is 1.05. The van der Waals surface area contributed by atoms with Crippen molar-refractivity contribution in [3.8, 4) is 0 Å². The lowest BCUT2D eigenvalue weighted by molar-refractivity contribution is -0.0774. The minimum atomic E-state index is 0.00200. The van der Waals surface area contributed by atoms with Crippen LogP contribution in [0.3, 0.4) is 0 Å². The summed E-state index contributed by atoms with van der Waals surface area (Å²) < 4.78 is 11.7. The van der Waals surface area contributed by atoms with Crippen molar-refractivity contribution in [1.82, 2.24) is 0 Å². The van der Waals surface area contributed by atoms with E-state index in [9.17, 15) is 0 Å². The van der Waals surface area contributed by atoms with Gasteiger partial charge in [-0.1, -0.05) is 0 Å². The predicted molar refractivity (Wildman–Crippen MR) is 59.7 cm³/mol. The molecule has 3 saturated carbocycles. The molecule has 0 aromatic rings.